The number of benzene rings is 3. The molecule has 3 saturated heterocycles. The molecule has 0 spiro atoms. The number of nitrogens with zero attached hydrogens (tertiary/aromatic N) is 6. The number of hydrogen-bond acceptors (Lipinski definition) is 23. The number of H-pyrrole nitrogens is 2. The van der Waals surface area contributed by atoms with Crippen molar-refractivity contribution < 1.29 is 91.7 Å². The van der Waals surface area contributed by atoms with Crippen molar-refractivity contribution in [3.8, 4) is 5.75 Å². The van der Waals surface area contributed by atoms with E-state index in [1.165, 1.54) is 90.9 Å². The normalized spacial score (nSPS) is 24.6. The summed E-state index contributed by atoms with van der Waals surface area (Å²) in [7, 11) is 3.99. The van der Waals surface area contributed by atoms with E-state index in [0.29, 0.717) is 59.0 Å². The minimum Gasteiger partial charge on any atom is -0.508 e. The van der Waals surface area contributed by atoms with Crippen LogP contribution in [-0.4, -0.2) is 300 Å². The molecule has 2 unspecified atom stereocenters. The summed E-state index contributed by atoms with van der Waals surface area (Å²) in [6.07, 6.45) is 5.06. The first-order valence-electron chi connectivity index (χ1n) is 44.7. The molecule has 6 heterocycles. The van der Waals surface area contributed by atoms with E-state index in [4.69, 9.17) is 17.2 Å². The molecule has 3 aliphatic rings. The Hall–Kier alpha value is -12.6. The van der Waals surface area contributed by atoms with Crippen LogP contribution in [0.1, 0.15) is 147 Å². The first-order valence-corrected chi connectivity index (χ1v) is 46.7. The SMILES string of the molecule is CCCC[C@H]1C(=O)N(C)[C@@H](CCCC)C(=O)NC(CCCN)C(=O)N[C@H](C(=O)NCC(N)=O)CSCC(=O)N[C@@H](Cc2ccc(O)cc2)C(=O)N(C)[C@@H](C)C(=O)N[C@@H](CC(N)=O)C(=O)N2CCCC2C(=O)N[C@@H](Cc2cnc[nH]2)C(=O)N[C@@H](CC(C)C)C(=O)N2CCC[C@H]2C(=O)N[C@@H](Cc2c[nH]c3ccccc23)C(=O)N[C@@H](CO)C(=O)N[C@@H](Cc2csc3ccccc23)C(=O)N1C. The van der Waals surface area contributed by atoms with Gasteiger partial charge in [0.05, 0.1) is 31.7 Å². The summed E-state index contributed by atoms with van der Waals surface area (Å²) in [6.45, 7) is 6.78. The van der Waals surface area contributed by atoms with E-state index in [2.05, 4.69) is 68.1 Å². The summed E-state index contributed by atoms with van der Waals surface area (Å²) in [5, 5.41) is 51.5. The Kier molecular flexibility index (Phi) is 38.8. The number of rotatable bonds is 25. The number of thiophene rings is 1. The lowest BCUT2D eigenvalue weighted by atomic mass is 10.00. The number of aromatic amines is 2. The molecule has 132 heavy (non-hydrogen) atoms. The maximum absolute atomic E-state index is 15.7. The molecule has 716 valence electrons. The standard InChI is InChI=1S/C90H125N21O19S2/c1-9-11-24-69-83(123)99-60(23-17-33-91)79(119)106-68(78(118)96-44-75(93)115)47-131-48-76(116)98-64(37-52-29-31-56(113)32-30-52)86(126)107(6)51(5)77(117)102-66(41-74(92)114)89(129)111-35-19-27-71(111)85(125)101-62(40-55-43-94-49-97-55)81(121)103-63(36-50(3)4)88(128)110-34-18-26-70(110)84(124)100-61(38-53-42-95-59-22-15-13-20-57(53)59)80(120)105-67(45-112)82(122)104-65(39-54-46-132-73-28-16-14-21-58(54)73)87(127)109(8)72(25-12-10-2)90(130)108(69)7/h13-16,20-22,28-32,42-43,46,49-51,60-72,95,112-113H,9-12,17-19,23-27,33-41,44-45,47-48,91H2,1-8H3,(H2,92,114)(H2,93,115)(H,94,97)(H,96,118)(H,98,116)(H,99,123)(H,100,124)(H,101,125)(H,102,117)(H,103,121)(H,104,122)(H,105,120)(H,106,119)/t51-,60?,61-,62-,63-,64-,65-,66-,67-,68-,69-,70-,71?,72-/m0/s1. The van der Waals surface area contributed by atoms with Crippen LogP contribution in [0, 0.1) is 5.92 Å². The zero-order chi connectivity index (χ0) is 96.2. The topological polar surface area (TPSA) is 590 Å². The van der Waals surface area contributed by atoms with Crippen LogP contribution in [0.4, 0.5) is 0 Å². The highest BCUT2D eigenvalue weighted by atomic mass is 32.2. The quantitative estimate of drug-likeness (QED) is 0.0337. The Morgan fingerprint density at radius 1 is 0.545 bits per heavy atom. The number of imidazole rings is 1. The number of fused-ring (bicyclic) bond motifs is 4. The fraction of sp³-hybridized carbons (Fsp3) is 0.533. The number of aliphatic hydroxyl groups is 1. The highest BCUT2D eigenvalue weighted by Crippen LogP contribution is 2.30. The van der Waals surface area contributed by atoms with E-state index >= 15 is 38.4 Å². The van der Waals surface area contributed by atoms with Crippen molar-refractivity contribution in [3.63, 3.8) is 0 Å². The largest absolute Gasteiger partial charge is 0.508 e. The number of para-hydroxylation sites is 1. The second kappa shape index (κ2) is 49.6. The monoisotopic (exact) mass is 1870 g/mol. The molecule has 3 aromatic carbocycles. The van der Waals surface area contributed by atoms with Gasteiger partial charge in [-0.2, -0.15) is 0 Å². The van der Waals surface area contributed by atoms with Gasteiger partial charge >= 0.3 is 0 Å². The second-order valence-corrected chi connectivity index (χ2v) is 36.1. The van der Waals surface area contributed by atoms with Crippen molar-refractivity contribution in [2.45, 2.75) is 235 Å². The number of likely N-dealkylation sites (N-methyl/N-ethyl adjacent to an activating group) is 3. The molecule has 20 N–H and O–H groups in total. The summed E-state index contributed by atoms with van der Waals surface area (Å²) in [5.41, 5.74) is 19.8. The highest BCUT2D eigenvalue weighted by Gasteiger charge is 2.46. The lowest BCUT2D eigenvalue weighted by molar-refractivity contribution is -0.149. The van der Waals surface area contributed by atoms with E-state index in [1.807, 2.05) is 37.4 Å². The van der Waals surface area contributed by atoms with Gasteiger partial charge in [-0.1, -0.05) is 102 Å². The molecule has 0 aliphatic carbocycles. The second-order valence-electron chi connectivity index (χ2n) is 34.1. The molecule has 40 nitrogen and oxygen atoms in total. The number of amides is 17. The molecule has 17 amide bonds. The average Bonchev–Trinajstić information content (AvgIpc) is 1.68. The molecule has 14 atom stereocenters. The molecule has 3 aliphatic heterocycles. The summed E-state index contributed by atoms with van der Waals surface area (Å²) >= 11 is 2.16. The van der Waals surface area contributed by atoms with Crippen LogP contribution in [0.15, 0.2) is 96.9 Å². The molecule has 0 bridgehead atoms. The summed E-state index contributed by atoms with van der Waals surface area (Å²) in [4.78, 5) is 266. The zero-order valence-electron chi connectivity index (χ0n) is 75.6. The smallest absolute Gasteiger partial charge is 0.246 e. The predicted molar refractivity (Wildman–Crippen MR) is 491 cm³/mol. The lowest BCUT2D eigenvalue weighted by Crippen LogP contribution is -2.62. The van der Waals surface area contributed by atoms with Crippen molar-refractivity contribution >= 4 is 145 Å². The first kappa shape index (κ1) is 103. The van der Waals surface area contributed by atoms with Gasteiger partial charge in [0.2, 0.25) is 100 Å². The number of carbonyl (C=O) groups excluding carboxylic acids is 17. The number of phenols is 1. The van der Waals surface area contributed by atoms with E-state index in [9.17, 15) is 53.4 Å². The van der Waals surface area contributed by atoms with Gasteiger partial charge in [0, 0.05) is 99.4 Å². The number of primary amides is 2. The summed E-state index contributed by atoms with van der Waals surface area (Å²) < 4.78 is 0.835. The molecular formula is C90H125N21O19S2. The number of phenolic OH excluding ortho intramolecular Hbond substituents is 1. The zero-order valence-corrected chi connectivity index (χ0v) is 77.3. The average molecular weight is 1870 g/mol. The van der Waals surface area contributed by atoms with Gasteiger partial charge in [-0.15, -0.1) is 23.1 Å². The van der Waals surface area contributed by atoms with Crippen LogP contribution in [0.25, 0.3) is 21.0 Å². The Morgan fingerprint density at radius 3 is 1.70 bits per heavy atom. The van der Waals surface area contributed by atoms with Crippen molar-refractivity contribution in [2.75, 3.05) is 65.4 Å². The van der Waals surface area contributed by atoms with Gasteiger partial charge in [0.1, 0.15) is 90.3 Å². The third-order valence-corrected chi connectivity index (χ3v) is 25.9. The Morgan fingerprint density at radius 2 is 1.09 bits per heavy atom. The van der Waals surface area contributed by atoms with Crippen LogP contribution in [0.3, 0.4) is 0 Å². The first-order chi connectivity index (χ1) is 63.0. The number of nitrogens with one attached hydrogen (secondary N) is 12. The van der Waals surface area contributed by atoms with Crippen LogP contribution in [0.2, 0.25) is 0 Å². The van der Waals surface area contributed by atoms with Crippen molar-refractivity contribution in [1.29, 1.82) is 0 Å². The lowest BCUT2D eigenvalue weighted by Gasteiger charge is -2.36. The molecule has 9 rings (SSSR count). The minimum absolute atomic E-state index is 0.00108. The number of aliphatic hydroxyl groups excluding tert-OH is 1. The Labute approximate surface area is 773 Å². The van der Waals surface area contributed by atoms with E-state index in [0.717, 1.165) is 31.6 Å². The fourth-order valence-corrected chi connectivity index (χ4v) is 18.3. The van der Waals surface area contributed by atoms with Crippen LogP contribution in [-0.2, 0) is 107 Å². The van der Waals surface area contributed by atoms with E-state index < -0.39 is 216 Å². The molecule has 3 aromatic heterocycles. The summed E-state index contributed by atoms with van der Waals surface area (Å²) in [6, 6.07) is -0.723. The van der Waals surface area contributed by atoms with Gasteiger partial charge in [-0.3, -0.25) is 81.5 Å². The third-order valence-electron chi connectivity index (χ3n) is 23.9. The van der Waals surface area contributed by atoms with E-state index in [-0.39, 0.29) is 115 Å². The summed E-state index contributed by atoms with van der Waals surface area (Å²) in [5.74, 6) is -16.5. The van der Waals surface area contributed by atoms with Crippen LogP contribution in [0.5, 0.6) is 5.75 Å². The molecule has 3 fully saturated rings. The van der Waals surface area contributed by atoms with Crippen molar-refractivity contribution in [2.24, 2.45) is 23.1 Å². The maximum atomic E-state index is 15.7. The van der Waals surface area contributed by atoms with E-state index in [1.54, 1.807) is 50.4 Å². The maximum Gasteiger partial charge on any atom is 0.246 e. The van der Waals surface area contributed by atoms with Gasteiger partial charge in [0.15, 0.2) is 0 Å². The number of carbonyl (C=O) groups is 17. The number of thioether (sulfide) groups is 1. The van der Waals surface area contributed by atoms with Gasteiger partial charge < -0.3 is 115 Å². The van der Waals surface area contributed by atoms with Gasteiger partial charge in [0.25, 0.3) is 0 Å². The molecule has 6 aromatic rings. The highest BCUT2D eigenvalue weighted by molar-refractivity contribution is 8.00. The van der Waals surface area contributed by atoms with Crippen molar-refractivity contribution in [3.05, 3.63) is 119 Å². The number of hydrogen-bond donors (Lipinski definition) is 17. The molecule has 42 heteroatoms. The fourth-order valence-electron chi connectivity index (χ4n) is 16.5. The molecular weight excluding hydrogens is 1740 g/mol. The van der Waals surface area contributed by atoms with Gasteiger partial charge in [-0.05, 0) is 129 Å². The molecule has 0 radical (unpaired) electrons. The number of unbranched alkanes of at least 4 members (excludes halogenated alkanes) is 2. The Bertz CT molecular complexity index is 5070. The van der Waals surface area contributed by atoms with Crippen LogP contribution >= 0.6 is 23.1 Å². The molecule has 0 saturated carbocycles. The third kappa shape index (κ3) is 28.2. The predicted octanol–water partition coefficient (Wildman–Crippen LogP) is -0.691. The number of aromatic hydroxyl groups is 1. The van der Waals surface area contributed by atoms with Crippen molar-refractivity contribution in [1.82, 2.24) is 92.6 Å². The minimum atomic E-state index is -1.83. The number of aromatic nitrogens is 3. The Balaban J connectivity index is 1.09. The van der Waals surface area contributed by atoms with Crippen LogP contribution < -0.4 is 70.4 Å². The van der Waals surface area contributed by atoms with Gasteiger partial charge in [-0.25, -0.2) is 4.98 Å². The number of nitrogens with two attached hydrogens (primary N) is 3.